The van der Waals surface area contributed by atoms with Crippen LogP contribution in [0.2, 0.25) is 0 Å². The number of thioether (sulfide) groups is 1. The first-order valence-corrected chi connectivity index (χ1v) is 11.5. The molecule has 0 aromatic heterocycles. The normalized spacial score (nSPS) is 15.0. The van der Waals surface area contributed by atoms with Crippen LogP contribution < -0.4 is 5.32 Å². The fourth-order valence-corrected chi connectivity index (χ4v) is 3.57. The van der Waals surface area contributed by atoms with E-state index in [1.54, 1.807) is 0 Å². The topological polar surface area (TPSA) is 117 Å². The van der Waals surface area contributed by atoms with Gasteiger partial charge in [0, 0.05) is 12.3 Å². The van der Waals surface area contributed by atoms with E-state index < -0.39 is 25.0 Å². The third-order valence-corrected chi connectivity index (χ3v) is 5.52. The average Bonchev–Trinajstić information content (AvgIpc) is 2.75. The first-order valence-electron chi connectivity index (χ1n) is 10.5. The molecule has 9 nitrogen and oxygen atoms in total. The lowest BCUT2D eigenvalue weighted by Crippen LogP contribution is -2.29. The van der Waals surface area contributed by atoms with Crippen molar-refractivity contribution in [3.63, 3.8) is 0 Å². The van der Waals surface area contributed by atoms with Crippen molar-refractivity contribution in [2.75, 3.05) is 25.9 Å². The van der Waals surface area contributed by atoms with E-state index in [9.17, 15) is 19.2 Å². The summed E-state index contributed by atoms with van der Waals surface area (Å²) < 4.78 is 19.5. The molecular formula is C20H33NO8S. The van der Waals surface area contributed by atoms with Crippen LogP contribution in [-0.4, -0.2) is 49.2 Å². The maximum atomic E-state index is 11.8. The number of hydrogen-bond acceptors (Lipinski definition) is 9. The molecule has 1 N–H and O–H groups in total. The van der Waals surface area contributed by atoms with E-state index in [4.69, 9.17) is 18.9 Å². The van der Waals surface area contributed by atoms with Crippen LogP contribution in [0.1, 0.15) is 65.2 Å². The number of hydrogen-bond donors (Lipinski definition) is 1. The zero-order valence-electron chi connectivity index (χ0n) is 17.8. The number of carbonyl (C=O) groups excluding carboxylic acids is 4. The Balaban J connectivity index is 2.02. The zero-order chi connectivity index (χ0) is 22.2. The number of ether oxygens (including phenoxy) is 4. The second kappa shape index (κ2) is 15.8. The average molecular weight is 448 g/mol. The monoisotopic (exact) mass is 447 g/mol. The van der Waals surface area contributed by atoms with Crippen LogP contribution in [0.4, 0.5) is 9.59 Å². The Bertz CT molecular complexity index is 514. The third kappa shape index (κ3) is 11.3. The summed E-state index contributed by atoms with van der Waals surface area (Å²) in [6, 6.07) is 0. The van der Waals surface area contributed by atoms with E-state index in [0.29, 0.717) is 6.42 Å². The molecule has 172 valence electrons. The smallest absolute Gasteiger partial charge is 0.410 e. The summed E-state index contributed by atoms with van der Waals surface area (Å²) in [5, 5.41) is 1.83. The van der Waals surface area contributed by atoms with Gasteiger partial charge in [-0.2, -0.15) is 0 Å². The predicted octanol–water partition coefficient (Wildman–Crippen LogP) is 3.99. The van der Waals surface area contributed by atoms with Gasteiger partial charge in [0.1, 0.15) is 0 Å². The summed E-state index contributed by atoms with van der Waals surface area (Å²) in [6.45, 7) is 3.19. The summed E-state index contributed by atoms with van der Waals surface area (Å²) in [4.78, 5) is 46.7. The molecule has 30 heavy (non-hydrogen) atoms. The van der Waals surface area contributed by atoms with Crippen LogP contribution in [0, 0.1) is 11.8 Å². The van der Waals surface area contributed by atoms with Gasteiger partial charge in [-0.05, 0) is 37.4 Å². The van der Waals surface area contributed by atoms with E-state index >= 15 is 0 Å². The van der Waals surface area contributed by atoms with Crippen LogP contribution in [-0.2, 0) is 28.5 Å². The van der Waals surface area contributed by atoms with Gasteiger partial charge in [0.25, 0.3) is 0 Å². The highest BCUT2D eigenvalue weighted by Crippen LogP contribution is 2.24. The number of rotatable bonds is 12. The summed E-state index contributed by atoms with van der Waals surface area (Å²) in [5.41, 5.74) is 0. The zero-order valence-corrected chi connectivity index (χ0v) is 18.6. The maximum absolute atomic E-state index is 11.8. The lowest BCUT2D eigenvalue weighted by Gasteiger charge is -2.19. The summed E-state index contributed by atoms with van der Waals surface area (Å²) in [6.07, 6.45) is 6.35. The fourth-order valence-electron chi connectivity index (χ4n) is 3.07. The molecular weight excluding hydrogens is 414 g/mol. The molecule has 1 unspecified atom stereocenters. The van der Waals surface area contributed by atoms with Gasteiger partial charge in [0.2, 0.25) is 13.6 Å². The van der Waals surface area contributed by atoms with E-state index in [0.717, 1.165) is 56.7 Å². The van der Waals surface area contributed by atoms with Crippen molar-refractivity contribution in [1.82, 2.24) is 5.32 Å². The first-order chi connectivity index (χ1) is 14.5. The quantitative estimate of drug-likeness (QED) is 0.269. The second-order valence-corrected chi connectivity index (χ2v) is 8.02. The van der Waals surface area contributed by atoms with Gasteiger partial charge in [-0.25, -0.2) is 9.59 Å². The highest BCUT2D eigenvalue weighted by atomic mass is 32.2. The van der Waals surface area contributed by atoms with Gasteiger partial charge >= 0.3 is 23.3 Å². The van der Waals surface area contributed by atoms with Crippen molar-refractivity contribution in [3.05, 3.63) is 0 Å². The molecule has 0 saturated heterocycles. The van der Waals surface area contributed by atoms with Crippen molar-refractivity contribution < 1.29 is 38.1 Å². The lowest BCUT2D eigenvalue weighted by atomic mass is 9.89. The molecule has 0 heterocycles. The van der Waals surface area contributed by atoms with Crippen LogP contribution in [0.5, 0.6) is 0 Å². The molecule has 1 aliphatic rings. The van der Waals surface area contributed by atoms with Crippen molar-refractivity contribution in [2.24, 2.45) is 11.8 Å². The number of amides is 1. The van der Waals surface area contributed by atoms with Crippen LogP contribution >= 0.6 is 11.8 Å². The standard InChI is InChI=1S/C20H33NO8S/c1-3-8-15(4-2)17(22)27-14-29-20(25)30-12-11-21-19(24)28-13-26-18(23)16-9-6-5-7-10-16/h15-16H,3-14H2,1-2H3,(H,21,24). The Morgan fingerprint density at radius 3 is 2.33 bits per heavy atom. The first kappa shape index (κ1) is 26.1. The molecule has 1 amide bonds. The summed E-state index contributed by atoms with van der Waals surface area (Å²) in [5.74, 6) is -0.741. The number of esters is 2. The number of alkyl carbamates (subject to hydrolysis) is 1. The molecule has 0 radical (unpaired) electrons. The van der Waals surface area contributed by atoms with Gasteiger partial charge in [-0.1, -0.05) is 39.5 Å². The van der Waals surface area contributed by atoms with Crippen molar-refractivity contribution in [3.8, 4) is 0 Å². The van der Waals surface area contributed by atoms with Gasteiger partial charge in [-0.15, -0.1) is 0 Å². The van der Waals surface area contributed by atoms with E-state index in [-0.39, 0.29) is 36.1 Å². The van der Waals surface area contributed by atoms with Crippen molar-refractivity contribution >= 4 is 35.1 Å². The van der Waals surface area contributed by atoms with E-state index in [1.165, 1.54) is 0 Å². The Morgan fingerprint density at radius 2 is 1.67 bits per heavy atom. The molecule has 0 spiro atoms. The maximum Gasteiger partial charge on any atom is 0.410 e. The highest BCUT2D eigenvalue weighted by molar-refractivity contribution is 8.13. The van der Waals surface area contributed by atoms with Crippen molar-refractivity contribution in [2.45, 2.75) is 65.2 Å². The van der Waals surface area contributed by atoms with Gasteiger partial charge < -0.3 is 24.3 Å². The van der Waals surface area contributed by atoms with Crippen LogP contribution in [0.3, 0.4) is 0 Å². The molecule has 0 bridgehead atoms. The van der Waals surface area contributed by atoms with Gasteiger partial charge in [-0.3, -0.25) is 9.59 Å². The lowest BCUT2D eigenvalue weighted by molar-refractivity contribution is -0.158. The Labute approximate surface area is 181 Å². The fraction of sp³-hybridized carbons (Fsp3) is 0.800. The summed E-state index contributed by atoms with van der Waals surface area (Å²) >= 11 is 0.834. The second-order valence-electron chi connectivity index (χ2n) is 6.99. The number of nitrogens with one attached hydrogen (secondary N) is 1. The molecule has 0 aliphatic heterocycles. The number of carbonyl (C=O) groups is 4. The minimum Gasteiger partial charge on any atom is -0.428 e. The predicted molar refractivity (Wildman–Crippen MR) is 111 cm³/mol. The Kier molecular flexibility index (Phi) is 13.7. The largest absolute Gasteiger partial charge is 0.428 e. The molecule has 0 aromatic carbocycles. The molecule has 10 heteroatoms. The Morgan fingerprint density at radius 1 is 0.967 bits per heavy atom. The third-order valence-electron chi connectivity index (χ3n) is 4.76. The van der Waals surface area contributed by atoms with Crippen molar-refractivity contribution in [1.29, 1.82) is 0 Å². The Hall–Kier alpha value is -1.97. The van der Waals surface area contributed by atoms with Crippen LogP contribution in [0.15, 0.2) is 0 Å². The van der Waals surface area contributed by atoms with E-state index in [2.05, 4.69) is 5.32 Å². The van der Waals surface area contributed by atoms with E-state index in [1.807, 2.05) is 13.8 Å². The summed E-state index contributed by atoms with van der Waals surface area (Å²) in [7, 11) is 0. The van der Waals surface area contributed by atoms with Crippen LogP contribution in [0.25, 0.3) is 0 Å². The molecule has 0 aromatic rings. The van der Waals surface area contributed by atoms with Gasteiger partial charge in [0.05, 0.1) is 11.8 Å². The van der Waals surface area contributed by atoms with Gasteiger partial charge in [0.15, 0.2) is 0 Å². The molecule has 1 rings (SSSR count). The molecule has 1 saturated carbocycles. The highest BCUT2D eigenvalue weighted by Gasteiger charge is 2.22. The SMILES string of the molecule is CCCC(CC)C(=O)OCOC(=O)SCCNC(=O)OCOC(=O)C1CCCCC1. The molecule has 1 atom stereocenters. The minimum atomic E-state index is -0.740. The minimum absolute atomic E-state index is 0.105. The molecule has 1 fully saturated rings. The molecule has 1 aliphatic carbocycles.